The number of carbonyl (C=O) groups is 1. The van der Waals surface area contributed by atoms with Gasteiger partial charge >= 0.3 is 0 Å². The van der Waals surface area contributed by atoms with Crippen molar-refractivity contribution in [3.8, 4) is 0 Å². The summed E-state index contributed by atoms with van der Waals surface area (Å²) in [7, 11) is 0. The second-order valence-corrected chi connectivity index (χ2v) is 6.86. The van der Waals surface area contributed by atoms with E-state index < -0.39 is 11.7 Å². The minimum atomic E-state index is -0.603. The van der Waals surface area contributed by atoms with Crippen LogP contribution in [0.1, 0.15) is 21.6 Å². The maximum atomic E-state index is 14.4. The van der Waals surface area contributed by atoms with Gasteiger partial charge in [-0.25, -0.2) is 9.49 Å². The zero-order valence-corrected chi connectivity index (χ0v) is 15.5. The third-order valence-corrected chi connectivity index (χ3v) is 5.07. The van der Waals surface area contributed by atoms with E-state index in [0.717, 1.165) is 0 Å². The molecule has 9 heteroatoms. The molecule has 0 aliphatic carbocycles. The van der Waals surface area contributed by atoms with Crippen molar-refractivity contribution in [1.29, 1.82) is 0 Å². The highest BCUT2D eigenvalue weighted by Crippen LogP contribution is 2.20. The van der Waals surface area contributed by atoms with E-state index in [1.165, 1.54) is 22.0 Å². The Balaban J connectivity index is 1.61. The molecule has 1 aliphatic rings. The normalized spacial score (nSPS) is 14.2. The lowest BCUT2D eigenvalue weighted by Gasteiger charge is -2.31. The second kappa shape index (κ2) is 7.78. The SMILES string of the molecule is O=NN1CCN(C(=O)c2cc(Cc3n[nH]c(=O)c4ccccc34)ccc2F)CC1. The molecule has 2 heterocycles. The third kappa shape index (κ3) is 3.71. The van der Waals surface area contributed by atoms with Crippen molar-refractivity contribution in [3.05, 3.63) is 80.4 Å². The Kier molecular flexibility index (Phi) is 5.03. The van der Waals surface area contributed by atoms with Crippen LogP contribution in [0.15, 0.2) is 52.5 Å². The number of H-pyrrole nitrogens is 1. The monoisotopic (exact) mass is 395 g/mol. The van der Waals surface area contributed by atoms with Gasteiger partial charge in [-0.3, -0.25) is 14.6 Å². The Morgan fingerprint density at radius 1 is 1.10 bits per heavy atom. The van der Waals surface area contributed by atoms with E-state index in [9.17, 15) is 18.9 Å². The fourth-order valence-corrected chi connectivity index (χ4v) is 3.50. The standard InChI is InChI=1S/C20H18FN5O3/c21-17-6-5-13(11-16(17)20(28)25-7-9-26(24-29)10-8-25)12-18-14-3-1-2-4-15(14)19(27)23-22-18/h1-6,11H,7-10,12H2,(H,23,27). The van der Waals surface area contributed by atoms with Gasteiger partial charge in [-0.15, -0.1) is 4.91 Å². The van der Waals surface area contributed by atoms with Crippen molar-refractivity contribution in [3.63, 3.8) is 0 Å². The summed E-state index contributed by atoms with van der Waals surface area (Å²) in [4.78, 5) is 36.8. The minimum absolute atomic E-state index is 0.0243. The highest BCUT2D eigenvalue weighted by Gasteiger charge is 2.24. The molecule has 1 fully saturated rings. The molecule has 0 saturated carbocycles. The summed E-state index contributed by atoms with van der Waals surface area (Å²) in [6, 6.07) is 11.5. The van der Waals surface area contributed by atoms with E-state index >= 15 is 0 Å². The lowest BCUT2D eigenvalue weighted by atomic mass is 10.0. The molecule has 148 valence electrons. The fourth-order valence-electron chi connectivity index (χ4n) is 3.50. The van der Waals surface area contributed by atoms with Crippen molar-refractivity contribution in [2.45, 2.75) is 6.42 Å². The Bertz CT molecular complexity index is 1140. The van der Waals surface area contributed by atoms with E-state index in [-0.39, 0.29) is 11.1 Å². The average Bonchev–Trinajstić information content (AvgIpc) is 2.77. The third-order valence-electron chi connectivity index (χ3n) is 5.07. The molecule has 1 aliphatic heterocycles. The minimum Gasteiger partial charge on any atom is -0.335 e. The maximum absolute atomic E-state index is 14.4. The first-order chi connectivity index (χ1) is 14.1. The number of nitrogens with zero attached hydrogens (tertiary/aromatic N) is 4. The van der Waals surface area contributed by atoms with Crippen molar-refractivity contribution in [2.75, 3.05) is 26.2 Å². The molecule has 2 aromatic carbocycles. The predicted molar refractivity (Wildman–Crippen MR) is 105 cm³/mol. The molecule has 4 rings (SSSR count). The lowest BCUT2D eigenvalue weighted by molar-refractivity contribution is 0.0634. The smallest absolute Gasteiger partial charge is 0.272 e. The second-order valence-electron chi connectivity index (χ2n) is 6.86. The maximum Gasteiger partial charge on any atom is 0.272 e. The van der Waals surface area contributed by atoms with Gasteiger partial charge in [0.2, 0.25) is 0 Å². The van der Waals surface area contributed by atoms with Crippen LogP contribution in [0.3, 0.4) is 0 Å². The van der Waals surface area contributed by atoms with Gasteiger partial charge in [0, 0.05) is 24.9 Å². The molecule has 1 N–H and O–H groups in total. The highest BCUT2D eigenvalue weighted by molar-refractivity contribution is 5.95. The molecule has 3 aromatic rings. The number of hydrogen-bond acceptors (Lipinski definition) is 5. The Labute approximate surface area is 164 Å². The number of hydrogen-bond donors (Lipinski definition) is 1. The molecular weight excluding hydrogens is 377 g/mol. The number of piperazine rings is 1. The molecular formula is C20H18FN5O3. The predicted octanol–water partition coefficient (Wildman–Crippen LogP) is 2.09. The highest BCUT2D eigenvalue weighted by atomic mass is 19.1. The van der Waals surface area contributed by atoms with Crippen molar-refractivity contribution in [1.82, 2.24) is 20.1 Å². The van der Waals surface area contributed by atoms with E-state index in [0.29, 0.717) is 54.6 Å². The van der Waals surface area contributed by atoms with Crippen molar-refractivity contribution in [2.24, 2.45) is 5.29 Å². The van der Waals surface area contributed by atoms with Gasteiger partial charge in [-0.05, 0) is 23.8 Å². The van der Waals surface area contributed by atoms with E-state index in [1.807, 2.05) is 12.1 Å². The quantitative estimate of drug-likeness (QED) is 0.682. The number of aromatic nitrogens is 2. The summed E-state index contributed by atoms with van der Waals surface area (Å²) < 4.78 is 14.4. The van der Waals surface area contributed by atoms with Gasteiger partial charge in [0.15, 0.2) is 0 Å². The summed E-state index contributed by atoms with van der Waals surface area (Å²) in [5, 5.41) is 12.1. The Morgan fingerprint density at radius 2 is 1.83 bits per heavy atom. The summed E-state index contributed by atoms with van der Waals surface area (Å²) in [6.45, 7) is 1.26. The Morgan fingerprint density at radius 3 is 2.55 bits per heavy atom. The van der Waals surface area contributed by atoms with E-state index in [2.05, 4.69) is 15.5 Å². The molecule has 0 bridgehead atoms. The van der Waals surface area contributed by atoms with Crippen LogP contribution in [-0.4, -0.2) is 52.2 Å². The number of benzene rings is 2. The summed E-state index contributed by atoms with van der Waals surface area (Å²) in [5.74, 6) is -1.02. The molecule has 0 atom stereocenters. The summed E-state index contributed by atoms with van der Waals surface area (Å²) in [6.07, 6.45) is 0.334. The molecule has 1 amide bonds. The Hall–Kier alpha value is -3.62. The van der Waals surface area contributed by atoms with Crippen LogP contribution in [-0.2, 0) is 6.42 Å². The number of halogens is 1. The number of nitrogens with one attached hydrogen (secondary N) is 1. The summed E-state index contributed by atoms with van der Waals surface area (Å²) >= 11 is 0. The van der Waals surface area contributed by atoms with Crippen molar-refractivity contribution >= 4 is 16.7 Å². The average molecular weight is 395 g/mol. The van der Waals surface area contributed by atoms with Gasteiger partial charge in [0.1, 0.15) is 5.82 Å². The van der Waals surface area contributed by atoms with Crippen LogP contribution in [0.25, 0.3) is 10.8 Å². The van der Waals surface area contributed by atoms with Crippen LogP contribution < -0.4 is 5.56 Å². The largest absolute Gasteiger partial charge is 0.335 e. The fraction of sp³-hybridized carbons (Fsp3) is 0.250. The van der Waals surface area contributed by atoms with Crippen LogP contribution in [0, 0.1) is 10.7 Å². The van der Waals surface area contributed by atoms with Crippen LogP contribution >= 0.6 is 0 Å². The zero-order chi connectivity index (χ0) is 20.4. The number of carbonyl (C=O) groups excluding carboxylic acids is 1. The number of nitroso groups, excluding NO2 is 1. The summed E-state index contributed by atoms with van der Waals surface area (Å²) in [5.41, 5.74) is 1.04. The number of rotatable bonds is 4. The van der Waals surface area contributed by atoms with E-state index in [4.69, 9.17) is 0 Å². The van der Waals surface area contributed by atoms with Crippen molar-refractivity contribution < 1.29 is 9.18 Å². The molecule has 0 spiro atoms. The number of aromatic amines is 1. The first-order valence-electron chi connectivity index (χ1n) is 9.19. The van der Waals surface area contributed by atoms with E-state index in [1.54, 1.807) is 18.2 Å². The van der Waals surface area contributed by atoms with Gasteiger partial charge in [0.25, 0.3) is 11.5 Å². The van der Waals surface area contributed by atoms with Crippen LogP contribution in [0.5, 0.6) is 0 Å². The molecule has 1 saturated heterocycles. The van der Waals surface area contributed by atoms with Crippen LogP contribution in [0.2, 0.25) is 0 Å². The first-order valence-corrected chi connectivity index (χ1v) is 9.19. The molecule has 8 nitrogen and oxygen atoms in total. The van der Waals surface area contributed by atoms with Gasteiger partial charge in [0.05, 0.1) is 35.0 Å². The molecule has 29 heavy (non-hydrogen) atoms. The molecule has 0 radical (unpaired) electrons. The lowest BCUT2D eigenvalue weighted by Crippen LogP contribution is -2.46. The van der Waals surface area contributed by atoms with Gasteiger partial charge in [-0.1, -0.05) is 24.3 Å². The van der Waals surface area contributed by atoms with Crippen LogP contribution in [0.4, 0.5) is 4.39 Å². The number of amides is 1. The van der Waals surface area contributed by atoms with Gasteiger partial charge in [-0.2, -0.15) is 5.10 Å². The molecule has 0 unspecified atom stereocenters. The van der Waals surface area contributed by atoms with Gasteiger partial charge < -0.3 is 4.90 Å². The topological polar surface area (TPSA) is 98.7 Å². The zero-order valence-electron chi connectivity index (χ0n) is 15.5. The first kappa shape index (κ1) is 18.7. The molecule has 1 aromatic heterocycles. The number of fused-ring (bicyclic) bond motifs is 1.